The van der Waals surface area contributed by atoms with Crippen molar-refractivity contribution >= 4 is 38.7 Å². The number of aryl methyl sites for hydroxylation is 1. The summed E-state index contributed by atoms with van der Waals surface area (Å²) in [5.74, 6) is -2.41. The first-order chi connectivity index (χ1) is 11.4. The van der Waals surface area contributed by atoms with Crippen LogP contribution >= 0.6 is 0 Å². The molecule has 2 aromatic heterocycles. The number of alkyl halides is 3. The lowest BCUT2D eigenvalue weighted by molar-refractivity contribution is -0.189. The molecule has 0 unspecified atom stereocenters. The molecule has 0 bridgehead atoms. The maximum atomic E-state index is 12.7. The summed E-state index contributed by atoms with van der Waals surface area (Å²) in [7, 11) is 0. The summed E-state index contributed by atoms with van der Waals surface area (Å²) in [6.07, 6.45) is -3.64. The third-order valence-electron chi connectivity index (χ3n) is 3.98. The van der Waals surface area contributed by atoms with Crippen LogP contribution in [0.15, 0.2) is 41.0 Å². The topological polar surface area (TPSA) is 55.2 Å². The van der Waals surface area contributed by atoms with Gasteiger partial charge in [0, 0.05) is 21.9 Å². The van der Waals surface area contributed by atoms with Gasteiger partial charge >= 0.3 is 12.1 Å². The molecular formula is C17H10F3NO3. The third-order valence-corrected chi connectivity index (χ3v) is 3.98. The zero-order valence-electron chi connectivity index (χ0n) is 12.3. The fraction of sp³-hybridized carbons (Fsp3) is 0.118. The lowest BCUT2D eigenvalue weighted by Gasteiger charge is -2.11. The van der Waals surface area contributed by atoms with Crippen molar-refractivity contribution in [2.75, 3.05) is 0 Å². The summed E-state index contributed by atoms with van der Waals surface area (Å²) in [4.78, 5) is 14.5. The third kappa shape index (κ3) is 1.97. The number of benzene rings is 2. The number of esters is 1. The molecule has 4 aromatic rings. The Morgan fingerprint density at radius 1 is 1.17 bits per heavy atom. The van der Waals surface area contributed by atoms with Gasteiger partial charge in [0.05, 0.1) is 17.2 Å². The smallest absolute Gasteiger partial charge is 0.464 e. The van der Waals surface area contributed by atoms with Crippen molar-refractivity contribution in [1.29, 1.82) is 0 Å². The Hall–Kier alpha value is -2.96. The van der Waals surface area contributed by atoms with E-state index >= 15 is 0 Å². The van der Waals surface area contributed by atoms with E-state index in [9.17, 15) is 18.0 Å². The Bertz CT molecular complexity index is 1110. The highest BCUT2D eigenvalue weighted by atomic mass is 19.4. The molecule has 4 nitrogen and oxygen atoms in total. The van der Waals surface area contributed by atoms with Crippen LogP contribution in [0.3, 0.4) is 0 Å². The number of hydrogen-bond acceptors (Lipinski definition) is 3. The molecule has 4 rings (SSSR count). The van der Waals surface area contributed by atoms with Crippen LogP contribution in [0, 0.1) is 6.92 Å². The molecule has 0 spiro atoms. The summed E-state index contributed by atoms with van der Waals surface area (Å²) in [5.41, 5.74) is 2.00. The van der Waals surface area contributed by atoms with E-state index in [0.29, 0.717) is 32.8 Å². The quantitative estimate of drug-likeness (QED) is 0.400. The van der Waals surface area contributed by atoms with E-state index in [0.717, 1.165) is 5.52 Å². The van der Waals surface area contributed by atoms with Crippen molar-refractivity contribution in [3.63, 3.8) is 0 Å². The molecule has 24 heavy (non-hydrogen) atoms. The first-order valence-electron chi connectivity index (χ1n) is 7.07. The van der Waals surface area contributed by atoms with E-state index in [1.54, 1.807) is 37.3 Å². The van der Waals surface area contributed by atoms with E-state index in [4.69, 9.17) is 9.15 Å². The predicted octanol–water partition coefficient (Wildman–Crippen LogP) is 4.84. The van der Waals surface area contributed by atoms with E-state index in [2.05, 4.69) is 4.98 Å². The standard InChI is InChI=1S/C17H10F3NO3/c1-8-14-10(6-7-23-14)13-12(9-4-2-3-5-11(9)21-13)15(8)24-16(22)17(18,19)20/h2-7,21H,1H3. The number of rotatable bonds is 1. The molecule has 0 atom stereocenters. The summed E-state index contributed by atoms with van der Waals surface area (Å²) < 4.78 is 48.1. The van der Waals surface area contributed by atoms with Crippen LogP contribution in [-0.4, -0.2) is 17.1 Å². The normalized spacial score (nSPS) is 12.3. The monoisotopic (exact) mass is 333 g/mol. The summed E-state index contributed by atoms with van der Waals surface area (Å²) in [6.45, 7) is 1.56. The lowest BCUT2D eigenvalue weighted by Crippen LogP contribution is -2.28. The van der Waals surface area contributed by atoms with Gasteiger partial charge < -0.3 is 14.1 Å². The number of nitrogens with one attached hydrogen (secondary N) is 1. The minimum Gasteiger partial charge on any atom is -0.464 e. The largest absolute Gasteiger partial charge is 0.491 e. The summed E-state index contributed by atoms with van der Waals surface area (Å²) in [5, 5.41) is 1.81. The number of ether oxygens (including phenoxy) is 1. The van der Waals surface area contributed by atoms with Crippen molar-refractivity contribution in [1.82, 2.24) is 4.98 Å². The molecule has 0 aliphatic carbocycles. The second kappa shape index (κ2) is 4.77. The Kier molecular flexibility index (Phi) is 2.90. The Morgan fingerprint density at radius 3 is 2.67 bits per heavy atom. The van der Waals surface area contributed by atoms with Crippen molar-refractivity contribution < 1.29 is 27.1 Å². The maximum absolute atomic E-state index is 12.7. The van der Waals surface area contributed by atoms with Crippen LogP contribution in [0.25, 0.3) is 32.8 Å². The Balaban J connectivity index is 2.12. The first kappa shape index (κ1) is 14.6. The Labute approximate surface area is 132 Å². The maximum Gasteiger partial charge on any atom is 0.491 e. The van der Waals surface area contributed by atoms with Gasteiger partial charge in [-0.05, 0) is 19.1 Å². The van der Waals surface area contributed by atoms with Crippen LogP contribution in [0.1, 0.15) is 5.56 Å². The van der Waals surface area contributed by atoms with Gasteiger partial charge in [-0.2, -0.15) is 13.2 Å². The van der Waals surface area contributed by atoms with Crippen molar-refractivity contribution in [3.8, 4) is 5.75 Å². The predicted molar refractivity (Wildman–Crippen MR) is 82.0 cm³/mol. The molecule has 122 valence electrons. The zero-order valence-corrected chi connectivity index (χ0v) is 12.3. The number of para-hydroxylation sites is 1. The van der Waals surface area contributed by atoms with E-state index < -0.39 is 12.1 Å². The van der Waals surface area contributed by atoms with E-state index in [-0.39, 0.29) is 5.75 Å². The fourth-order valence-corrected chi connectivity index (χ4v) is 2.95. The molecule has 0 fully saturated rings. The van der Waals surface area contributed by atoms with Crippen molar-refractivity contribution in [2.24, 2.45) is 0 Å². The average molecular weight is 333 g/mol. The van der Waals surface area contributed by atoms with Crippen molar-refractivity contribution in [2.45, 2.75) is 13.1 Å². The molecule has 7 heteroatoms. The van der Waals surface area contributed by atoms with Crippen LogP contribution in [-0.2, 0) is 4.79 Å². The summed E-state index contributed by atoms with van der Waals surface area (Å²) in [6, 6.07) is 8.84. The van der Waals surface area contributed by atoms with Crippen LogP contribution in [0.5, 0.6) is 5.75 Å². The number of carbonyl (C=O) groups is 1. The van der Waals surface area contributed by atoms with Crippen molar-refractivity contribution in [3.05, 3.63) is 42.2 Å². The molecule has 0 radical (unpaired) electrons. The fourth-order valence-electron chi connectivity index (χ4n) is 2.95. The molecule has 0 saturated heterocycles. The van der Waals surface area contributed by atoms with Crippen LogP contribution in [0.4, 0.5) is 13.2 Å². The second-order valence-electron chi connectivity index (χ2n) is 5.43. The van der Waals surface area contributed by atoms with Gasteiger partial charge in [0.25, 0.3) is 0 Å². The molecule has 1 N–H and O–H groups in total. The average Bonchev–Trinajstić information content (AvgIpc) is 3.14. The van der Waals surface area contributed by atoms with E-state index in [1.165, 1.54) is 6.26 Å². The molecule has 2 aromatic carbocycles. The molecule has 0 aliphatic rings. The highest BCUT2D eigenvalue weighted by molar-refractivity contribution is 6.20. The van der Waals surface area contributed by atoms with Gasteiger partial charge in [-0.25, -0.2) is 4.79 Å². The van der Waals surface area contributed by atoms with Crippen LogP contribution in [0.2, 0.25) is 0 Å². The van der Waals surface area contributed by atoms with Gasteiger partial charge in [-0.3, -0.25) is 0 Å². The number of fused-ring (bicyclic) bond motifs is 5. The SMILES string of the molecule is Cc1c(OC(=O)C(F)(F)F)c2c3ccccc3[nH]c2c2ccoc12. The van der Waals surface area contributed by atoms with Gasteiger partial charge in [0.1, 0.15) is 11.3 Å². The van der Waals surface area contributed by atoms with E-state index in [1.807, 2.05) is 0 Å². The number of aromatic nitrogens is 1. The molecule has 2 heterocycles. The number of H-pyrrole nitrogens is 1. The first-order valence-corrected chi connectivity index (χ1v) is 7.07. The number of furan rings is 1. The highest BCUT2D eigenvalue weighted by Gasteiger charge is 2.42. The van der Waals surface area contributed by atoms with Gasteiger partial charge in [-0.1, -0.05) is 18.2 Å². The van der Waals surface area contributed by atoms with Gasteiger partial charge in [-0.15, -0.1) is 0 Å². The molecular weight excluding hydrogens is 323 g/mol. The Morgan fingerprint density at radius 2 is 1.92 bits per heavy atom. The summed E-state index contributed by atoms with van der Waals surface area (Å²) >= 11 is 0. The minimum atomic E-state index is -5.08. The molecule has 0 aliphatic heterocycles. The molecule has 0 amide bonds. The highest BCUT2D eigenvalue weighted by Crippen LogP contribution is 2.42. The van der Waals surface area contributed by atoms with Gasteiger partial charge in [0.2, 0.25) is 0 Å². The lowest BCUT2D eigenvalue weighted by atomic mass is 10.0. The minimum absolute atomic E-state index is 0.146. The number of hydrogen-bond donors (Lipinski definition) is 1. The number of carbonyl (C=O) groups excluding carboxylic acids is 1. The number of halogens is 3. The van der Waals surface area contributed by atoms with Gasteiger partial charge in [0.15, 0.2) is 0 Å². The second-order valence-corrected chi connectivity index (χ2v) is 5.43. The number of aromatic amines is 1. The van der Waals surface area contributed by atoms with Crippen LogP contribution < -0.4 is 4.74 Å². The zero-order chi connectivity index (χ0) is 17.1. The molecule has 0 saturated carbocycles.